The van der Waals surface area contributed by atoms with Gasteiger partial charge in [0, 0.05) is 36.3 Å². The summed E-state index contributed by atoms with van der Waals surface area (Å²) in [7, 11) is 1.70. The van der Waals surface area contributed by atoms with Gasteiger partial charge in [-0.2, -0.15) is 0 Å². The van der Waals surface area contributed by atoms with Crippen LogP contribution >= 0.6 is 35.3 Å². The molecule has 0 saturated carbocycles. The summed E-state index contributed by atoms with van der Waals surface area (Å²) in [5.41, 5.74) is 0.813. The van der Waals surface area contributed by atoms with Crippen LogP contribution in [-0.2, 0) is 4.79 Å². The molecule has 7 nitrogen and oxygen atoms in total. The molecule has 0 aliphatic carbocycles. The van der Waals surface area contributed by atoms with Crippen molar-refractivity contribution in [2.75, 3.05) is 38.2 Å². The summed E-state index contributed by atoms with van der Waals surface area (Å²) < 4.78 is 6.64. The predicted octanol–water partition coefficient (Wildman–Crippen LogP) is 3.53. The summed E-state index contributed by atoms with van der Waals surface area (Å²) >= 11 is 1.60. The zero-order valence-corrected chi connectivity index (χ0v) is 20.9. The van der Waals surface area contributed by atoms with Crippen molar-refractivity contribution in [2.45, 2.75) is 12.5 Å². The number of aliphatic imine (C=N–C) groups is 1. The van der Waals surface area contributed by atoms with Gasteiger partial charge in [0.25, 0.3) is 5.91 Å². The number of nitrogens with zero attached hydrogens (tertiary/aromatic N) is 2. The molecule has 3 aromatic rings. The van der Waals surface area contributed by atoms with Crippen molar-refractivity contribution in [1.82, 2.24) is 10.6 Å². The number of aliphatic hydroxyl groups excluding tert-OH is 1. The minimum absolute atomic E-state index is 0. The van der Waals surface area contributed by atoms with Gasteiger partial charge >= 0.3 is 0 Å². The summed E-state index contributed by atoms with van der Waals surface area (Å²) in [6.07, 6.45) is 0.137. The van der Waals surface area contributed by atoms with Crippen LogP contribution in [0.3, 0.4) is 0 Å². The zero-order chi connectivity index (χ0) is 21.6. The Morgan fingerprint density at radius 3 is 2.81 bits per heavy atom. The van der Waals surface area contributed by atoms with Crippen molar-refractivity contribution < 1.29 is 14.6 Å². The molecular formula is C23H27IN4O3S. The first kappa shape index (κ1) is 24.3. The molecule has 1 atom stereocenters. The Hall–Kier alpha value is -2.37. The van der Waals surface area contributed by atoms with Crippen molar-refractivity contribution in [1.29, 1.82) is 0 Å². The molecule has 1 aliphatic heterocycles. The molecule has 0 bridgehead atoms. The maximum Gasteiger partial charge on any atom is 0.265 e. The van der Waals surface area contributed by atoms with Crippen LogP contribution in [0.1, 0.15) is 17.4 Å². The average molecular weight is 566 g/mol. The number of aliphatic hydroxyl groups is 1. The van der Waals surface area contributed by atoms with Gasteiger partial charge in [0.2, 0.25) is 0 Å². The van der Waals surface area contributed by atoms with Crippen LogP contribution in [0.5, 0.6) is 5.75 Å². The first-order valence-corrected chi connectivity index (χ1v) is 11.1. The third kappa shape index (κ3) is 5.70. The topological polar surface area (TPSA) is 86.2 Å². The second-order valence-corrected chi connectivity index (χ2v) is 8.35. The number of ether oxygens (including phenoxy) is 1. The normalized spacial score (nSPS) is 14.4. The van der Waals surface area contributed by atoms with E-state index in [-0.39, 0.29) is 36.5 Å². The molecule has 1 unspecified atom stereocenters. The Morgan fingerprint density at radius 2 is 2.00 bits per heavy atom. The number of fused-ring (bicyclic) bond motifs is 2. The summed E-state index contributed by atoms with van der Waals surface area (Å²) in [6, 6.07) is 17.7. The van der Waals surface area contributed by atoms with Gasteiger partial charge in [-0.05, 0) is 36.1 Å². The fraction of sp³-hybridized carbons (Fsp3) is 0.304. The number of para-hydroxylation sites is 2. The molecule has 0 saturated heterocycles. The molecule has 4 rings (SSSR count). The van der Waals surface area contributed by atoms with Gasteiger partial charge < -0.3 is 25.4 Å². The standard InChI is InChI=1S/C23H26N4O3S.HI/c1-24-23(26-14-18(28)21-13-16-7-2-5-10-20(16)31-21)25-11-6-12-27-17-8-3-4-9-19(17)30-15-22(27)29;/h2-5,7-10,13,18,28H,6,11-12,14-15H2,1H3,(H2,24,25,26);1H. The van der Waals surface area contributed by atoms with E-state index in [2.05, 4.69) is 21.7 Å². The highest BCUT2D eigenvalue weighted by atomic mass is 127. The van der Waals surface area contributed by atoms with E-state index in [1.54, 1.807) is 23.3 Å². The van der Waals surface area contributed by atoms with Gasteiger partial charge in [-0.25, -0.2) is 0 Å². The smallest absolute Gasteiger partial charge is 0.265 e. The van der Waals surface area contributed by atoms with Crippen LogP contribution in [0.2, 0.25) is 0 Å². The number of anilines is 1. The Bertz CT molecular complexity index is 1050. The lowest BCUT2D eigenvalue weighted by Gasteiger charge is -2.29. The van der Waals surface area contributed by atoms with Crippen LogP contribution in [0.25, 0.3) is 10.1 Å². The highest BCUT2D eigenvalue weighted by Crippen LogP contribution is 2.31. The van der Waals surface area contributed by atoms with Gasteiger partial charge in [-0.1, -0.05) is 30.3 Å². The maximum atomic E-state index is 12.2. The van der Waals surface area contributed by atoms with Crippen molar-refractivity contribution >= 4 is 63.0 Å². The number of carbonyl (C=O) groups is 1. The third-order valence-electron chi connectivity index (χ3n) is 5.12. The quantitative estimate of drug-likeness (QED) is 0.176. The summed E-state index contributed by atoms with van der Waals surface area (Å²) in [6.45, 7) is 1.67. The molecule has 170 valence electrons. The number of guanidine groups is 1. The van der Waals surface area contributed by atoms with E-state index in [4.69, 9.17) is 4.74 Å². The second kappa shape index (κ2) is 11.5. The van der Waals surface area contributed by atoms with E-state index in [1.165, 1.54) is 4.70 Å². The van der Waals surface area contributed by atoms with Crippen molar-refractivity contribution in [3.05, 3.63) is 59.5 Å². The minimum atomic E-state index is -0.613. The molecule has 2 aromatic carbocycles. The Labute approximate surface area is 208 Å². The lowest BCUT2D eigenvalue weighted by Crippen LogP contribution is -2.42. The second-order valence-electron chi connectivity index (χ2n) is 7.24. The number of nitrogens with one attached hydrogen (secondary N) is 2. The van der Waals surface area contributed by atoms with Gasteiger partial charge in [-0.3, -0.25) is 9.79 Å². The minimum Gasteiger partial charge on any atom is -0.482 e. The van der Waals surface area contributed by atoms with E-state index in [1.807, 2.05) is 48.5 Å². The Balaban J connectivity index is 0.00000289. The lowest BCUT2D eigenvalue weighted by atomic mass is 10.2. The largest absolute Gasteiger partial charge is 0.482 e. The van der Waals surface area contributed by atoms with Crippen LogP contribution < -0.4 is 20.3 Å². The van der Waals surface area contributed by atoms with Crippen LogP contribution in [0.4, 0.5) is 5.69 Å². The molecule has 0 radical (unpaired) electrons. The fourth-order valence-electron chi connectivity index (χ4n) is 3.52. The molecule has 32 heavy (non-hydrogen) atoms. The summed E-state index contributed by atoms with van der Waals surface area (Å²) in [5, 5.41) is 18.1. The first-order valence-electron chi connectivity index (χ1n) is 10.3. The predicted molar refractivity (Wildman–Crippen MR) is 140 cm³/mol. The van der Waals surface area contributed by atoms with Crippen LogP contribution in [0.15, 0.2) is 59.6 Å². The number of carbonyl (C=O) groups excluding carboxylic acids is 1. The number of hydrogen-bond donors (Lipinski definition) is 3. The van der Waals surface area contributed by atoms with Crippen molar-refractivity contribution in [2.24, 2.45) is 4.99 Å². The average Bonchev–Trinajstić information content (AvgIpc) is 3.24. The lowest BCUT2D eigenvalue weighted by molar-refractivity contribution is -0.121. The number of amides is 1. The van der Waals surface area contributed by atoms with Gasteiger partial charge in [0.05, 0.1) is 5.69 Å². The zero-order valence-electron chi connectivity index (χ0n) is 17.8. The number of benzene rings is 2. The van der Waals surface area contributed by atoms with Crippen LogP contribution in [0, 0.1) is 0 Å². The summed E-state index contributed by atoms with van der Waals surface area (Å²) in [5.74, 6) is 1.32. The van der Waals surface area contributed by atoms with Crippen molar-refractivity contribution in [3.63, 3.8) is 0 Å². The molecular weight excluding hydrogens is 539 g/mol. The number of thiophene rings is 1. The molecule has 1 amide bonds. The van der Waals surface area contributed by atoms with Crippen LogP contribution in [-0.4, -0.2) is 50.3 Å². The van der Waals surface area contributed by atoms with Crippen molar-refractivity contribution in [3.8, 4) is 5.75 Å². The Morgan fingerprint density at radius 1 is 1.22 bits per heavy atom. The SMILES string of the molecule is CN=C(NCCCN1C(=O)COc2ccccc21)NCC(O)c1cc2ccccc2s1.I. The number of rotatable bonds is 7. The number of halogens is 1. The highest BCUT2D eigenvalue weighted by molar-refractivity contribution is 14.0. The van der Waals surface area contributed by atoms with E-state index in [0.717, 1.165) is 28.1 Å². The van der Waals surface area contributed by atoms with Gasteiger partial charge in [-0.15, -0.1) is 35.3 Å². The monoisotopic (exact) mass is 566 g/mol. The van der Waals surface area contributed by atoms with E-state index in [0.29, 0.717) is 25.6 Å². The number of hydrogen-bond acceptors (Lipinski definition) is 5. The highest BCUT2D eigenvalue weighted by Gasteiger charge is 2.24. The Kier molecular flexibility index (Phi) is 8.71. The third-order valence-corrected chi connectivity index (χ3v) is 6.34. The molecule has 0 spiro atoms. The molecule has 0 fully saturated rings. The molecule has 9 heteroatoms. The van der Waals surface area contributed by atoms with Gasteiger partial charge in [0.15, 0.2) is 12.6 Å². The summed E-state index contributed by atoms with van der Waals surface area (Å²) in [4.78, 5) is 19.1. The van der Waals surface area contributed by atoms with Gasteiger partial charge in [0.1, 0.15) is 11.9 Å². The molecule has 1 aromatic heterocycles. The van der Waals surface area contributed by atoms with E-state index < -0.39 is 6.10 Å². The van der Waals surface area contributed by atoms with E-state index >= 15 is 0 Å². The molecule has 1 aliphatic rings. The molecule has 3 N–H and O–H groups in total. The fourth-order valence-corrected chi connectivity index (χ4v) is 4.57. The maximum absolute atomic E-state index is 12.2. The molecule has 2 heterocycles. The van der Waals surface area contributed by atoms with E-state index in [9.17, 15) is 9.90 Å². The first-order chi connectivity index (χ1) is 15.2.